The van der Waals surface area contributed by atoms with E-state index in [0.717, 1.165) is 11.1 Å². The summed E-state index contributed by atoms with van der Waals surface area (Å²) in [5.41, 5.74) is 2.10. The second-order valence-corrected chi connectivity index (χ2v) is 4.90. The Morgan fingerprint density at radius 2 is 1.95 bits per heavy atom. The summed E-state index contributed by atoms with van der Waals surface area (Å²) < 4.78 is 0. The van der Waals surface area contributed by atoms with Crippen molar-refractivity contribution in [3.8, 4) is 0 Å². The molecule has 1 aromatic heterocycles. The summed E-state index contributed by atoms with van der Waals surface area (Å²) in [6.07, 6.45) is 0. The Morgan fingerprint density at radius 1 is 1.24 bits per heavy atom. The van der Waals surface area contributed by atoms with E-state index in [1.54, 1.807) is 12.1 Å². The topological polar surface area (TPSA) is 85.1 Å². The van der Waals surface area contributed by atoms with Gasteiger partial charge in [0, 0.05) is 11.6 Å². The molecule has 21 heavy (non-hydrogen) atoms. The number of amides is 1. The number of nitrogens with zero attached hydrogens (tertiary/aromatic N) is 2. The molecule has 0 radical (unpaired) electrons. The van der Waals surface area contributed by atoms with Crippen LogP contribution >= 0.6 is 11.6 Å². The van der Waals surface area contributed by atoms with Crippen LogP contribution in [0, 0.1) is 24.0 Å². The number of hydrogen-bond donors (Lipinski definition) is 1. The van der Waals surface area contributed by atoms with Gasteiger partial charge < -0.3 is 5.32 Å². The van der Waals surface area contributed by atoms with Crippen molar-refractivity contribution < 1.29 is 9.72 Å². The van der Waals surface area contributed by atoms with Crippen LogP contribution in [0.25, 0.3) is 0 Å². The lowest BCUT2D eigenvalue weighted by Gasteiger charge is -2.07. The summed E-state index contributed by atoms with van der Waals surface area (Å²) in [7, 11) is 0. The molecule has 0 unspecified atom stereocenters. The number of hydrogen-bond acceptors (Lipinski definition) is 4. The number of benzene rings is 1. The van der Waals surface area contributed by atoms with Gasteiger partial charge in [0.05, 0.1) is 4.92 Å². The highest BCUT2D eigenvalue weighted by Gasteiger charge is 2.18. The van der Waals surface area contributed by atoms with Gasteiger partial charge in [-0.3, -0.25) is 14.9 Å². The summed E-state index contributed by atoms with van der Waals surface area (Å²) in [5, 5.41) is 13.4. The van der Waals surface area contributed by atoms with Crippen molar-refractivity contribution in [2.24, 2.45) is 0 Å². The number of aromatic nitrogens is 1. The first-order valence-electron chi connectivity index (χ1n) is 6.08. The van der Waals surface area contributed by atoms with E-state index in [1.807, 2.05) is 19.9 Å². The van der Waals surface area contributed by atoms with Gasteiger partial charge in [0.1, 0.15) is 5.15 Å². The number of rotatable bonds is 3. The normalized spacial score (nSPS) is 10.2. The van der Waals surface area contributed by atoms with Gasteiger partial charge in [-0.2, -0.15) is 0 Å². The summed E-state index contributed by atoms with van der Waals surface area (Å²) in [5.74, 6) is -0.647. The van der Waals surface area contributed by atoms with Crippen LogP contribution in [0.5, 0.6) is 0 Å². The molecule has 1 heterocycles. The lowest BCUT2D eigenvalue weighted by atomic mass is 10.1. The Labute approximate surface area is 125 Å². The molecule has 2 rings (SSSR count). The molecule has 0 bridgehead atoms. The first-order valence-corrected chi connectivity index (χ1v) is 6.46. The van der Waals surface area contributed by atoms with Gasteiger partial charge in [0.2, 0.25) is 5.82 Å². The van der Waals surface area contributed by atoms with E-state index in [4.69, 9.17) is 11.6 Å². The Balaban J connectivity index is 2.33. The lowest BCUT2D eigenvalue weighted by Crippen LogP contribution is -2.14. The Morgan fingerprint density at radius 3 is 2.57 bits per heavy atom. The highest BCUT2D eigenvalue weighted by atomic mass is 35.5. The van der Waals surface area contributed by atoms with E-state index in [1.165, 1.54) is 12.1 Å². The summed E-state index contributed by atoms with van der Waals surface area (Å²) in [6, 6.07) is 7.66. The molecule has 108 valence electrons. The number of nitrogens with one attached hydrogen (secondary N) is 1. The Bertz CT molecular complexity index is 731. The molecule has 6 nitrogen and oxygen atoms in total. The van der Waals surface area contributed by atoms with Crippen LogP contribution in [-0.2, 0) is 0 Å². The second kappa shape index (κ2) is 5.88. The van der Waals surface area contributed by atoms with Crippen LogP contribution < -0.4 is 5.32 Å². The highest BCUT2D eigenvalue weighted by molar-refractivity contribution is 6.29. The molecule has 0 aliphatic heterocycles. The number of halogens is 1. The van der Waals surface area contributed by atoms with Crippen molar-refractivity contribution in [1.82, 2.24) is 4.98 Å². The summed E-state index contributed by atoms with van der Waals surface area (Å²) >= 11 is 5.71. The fraction of sp³-hybridized carbons (Fsp3) is 0.143. The number of pyridine rings is 1. The van der Waals surface area contributed by atoms with E-state index in [2.05, 4.69) is 10.3 Å². The molecule has 0 fully saturated rings. The monoisotopic (exact) mass is 305 g/mol. The predicted molar refractivity (Wildman–Crippen MR) is 79.8 cm³/mol. The number of carbonyl (C=O) groups is 1. The first kappa shape index (κ1) is 14.9. The minimum Gasteiger partial charge on any atom is -0.301 e. The largest absolute Gasteiger partial charge is 0.311 e. The molecule has 0 saturated heterocycles. The Hall–Kier alpha value is -2.47. The van der Waals surface area contributed by atoms with E-state index < -0.39 is 10.8 Å². The lowest BCUT2D eigenvalue weighted by molar-refractivity contribution is -0.384. The number of anilines is 1. The van der Waals surface area contributed by atoms with E-state index >= 15 is 0 Å². The number of carbonyl (C=O) groups excluding carboxylic acids is 1. The minimum absolute atomic E-state index is 0.0657. The average molecular weight is 306 g/mol. The smallest absolute Gasteiger partial charge is 0.301 e. The first-order chi connectivity index (χ1) is 9.88. The van der Waals surface area contributed by atoms with E-state index in [-0.39, 0.29) is 16.7 Å². The van der Waals surface area contributed by atoms with E-state index in [9.17, 15) is 14.9 Å². The zero-order valence-electron chi connectivity index (χ0n) is 11.4. The van der Waals surface area contributed by atoms with Gasteiger partial charge in [-0.25, -0.2) is 4.98 Å². The van der Waals surface area contributed by atoms with Crippen molar-refractivity contribution in [1.29, 1.82) is 0 Å². The molecule has 0 aliphatic rings. The molecule has 1 N–H and O–H groups in total. The molecule has 0 spiro atoms. The maximum absolute atomic E-state index is 12.1. The quantitative estimate of drug-likeness (QED) is 0.534. The van der Waals surface area contributed by atoms with Gasteiger partial charge in [0.25, 0.3) is 5.91 Å². The second-order valence-electron chi connectivity index (χ2n) is 4.51. The molecule has 0 saturated carbocycles. The fourth-order valence-corrected chi connectivity index (χ4v) is 1.88. The van der Waals surface area contributed by atoms with Crippen molar-refractivity contribution in [3.63, 3.8) is 0 Å². The zero-order chi connectivity index (χ0) is 15.6. The van der Waals surface area contributed by atoms with Crippen LogP contribution in [0.4, 0.5) is 11.5 Å². The predicted octanol–water partition coefficient (Wildman–Crippen LogP) is 3.51. The molecule has 7 heteroatoms. The number of nitro groups is 1. The summed E-state index contributed by atoms with van der Waals surface area (Å²) in [4.78, 5) is 26.2. The maximum atomic E-state index is 12.1. The molecule has 1 amide bonds. The third kappa shape index (κ3) is 3.35. The van der Waals surface area contributed by atoms with Crippen LogP contribution in [0.15, 0.2) is 30.3 Å². The maximum Gasteiger partial charge on any atom is 0.311 e. The third-order valence-corrected chi connectivity index (χ3v) is 3.25. The van der Waals surface area contributed by atoms with Gasteiger partial charge in [-0.1, -0.05) is 17.7 Å². The van der Waals surface area contributed by atoms with Crippen molar-refractivity contribution in [3.05, 3.63) is 62.3 Å². The van der Waals surface area contributed by atoms with Crippen LogP contribution in [0.2, 0.25) is 5.15 Å². The minimum atomic E-state index is -0.626. The Kier molecular flexibility index (Phi) is 4.18. The van der Waals surface area contributed by atoms with Crippen molar-refractivity contribution in [2.75, 3.05) is 5.32 Å². The van der Waals surface area contributed by atoms with Gasteiger partial charge in [-0.05, 0) is 43.2 Å². The van der Waals surface area contributed by atoms with E-state index in [0.29, 0.717) is 5.56 Å². The summed E-state index contributed by atoms with van der Waals surface area (Å²) in [6.45, 7) is 3.81. The van der Waals surface area contributed by atoms with Gasteiger partial charge >= 0.3 is 5.69 Å². The molecule has 0 atom stereocenters. The van der Waals surface area contributed by atoms with Crippen LogP contribution in [-0.4, -0.2) is 15.8 Å². The van der Waals surface area contributed by atoms with Crippen LogP contribution in [0.3, 0.4) is 0 Å². The molecule has 1 aromatic carbocycles. The molecule has 2 aromatic rings. The van der Waals surface area contributed by atoms with Crippen molar-refractivity contribution >= 4 is 29.0 Å². The van der Waals surface area contributed by atoms with Gasteiger partial charge in [0.15, 0.2) is 0 Å². The number of aryl methyl sites for hydroxylation is 2. The average Bonchev–Trinajstić information content (AvgIpc) is 2.41. The standard InChI is InChI=1S/C14H12ClN3O3/c1-8-3-4-10(7-9(8)2)14(19)17-13-11(18(20)21)5-6-12(15)16-13/h3-7H,1-2H3,(H,16,17,19). The molecular formula is C14H12ClN3O3. The van der Waals surface area contributed by atoms with Crippen LogP contribution in [0.1, 0.15) is 21.5 Å². The van der Waals surface area contributed by atoms with Crippen molar-refractivity contribution in [2.45, 2.75) is 13.8 Å². The fourth-order valence-electron chi connectivity index (χ4n) is 1.73. The highest BCUT2D eigenvalue weighted by Crippen LogP contribution is 2.24. The zero-order valence-corrected chi connectivity index (χ0v) is 12.1. The third-order valence-electron chi connectivity index (χ3n) is 3.04. The van der Waals surface area contributed by atoms with Gasteiger partial charge in [-0.15, -0.1) is 0 Å². The molecular weight excluding hydrogens is 294 g/mol. The SMILES string of the molecule is Cc1ccc(C(=O)Nc2nc(Cl)ccc2[N+](=O)[O-])cc1C. The molecule has 0 aliphatic carbocycles.